The number of nitrogens with one attached hydrogen (secondary N) is 1. The molecule has 0 aliphatic heterocycles. The summed E-state index contributed by atoms with van der Waals surface area (Å²) in [5.74, 6) is -1.29. The number of aromatic nitrogens is 1. The molecule has 5 heteroatoms. The van der Waals surface area contributed by atoms with Crippen LogP contribution in [0.3, 0.4) is 0 Å². The maximum atomic E-state index is 11.8. The Labute approximate surface area is 91.4 Å². The molecule has 16 heavy (non-hydrogen) atoms. The van der Waals surface area contributed by atoms with E-state index in [0.717, 1.165) is 10.9 Å². The number of amides is 1. The second kappa shape index (κ2) is 3.79. The highest BCUT2D eigenvalue weighted by atomic mass is 16.2. The van der Waals surface area contributed by atoms with Crippen LogP contribution in [0.2, 0.25) is 0 Å². The summed E-state index contributed by atoms with van der Waals surface area (Å²) in [5, 5.41) is 0.740. The number of hydrogen-bond acceptors (Lipinski definition) is 3. The van der Waals surface area contributed by atoms with Gasteiger partial charge in [0.15, 0.2) is 5.78 Å². The van der Waals surface area contributed by atoms with Crippen molar-refractivity contribution in [2.45, 2.75) is 6.04 Å². The van der Waals surface area contributed by atoms with Gasteiger partial charge in [0.25, 0.3) is 0 Å². The first kappa shape index (κ1) is 10.4. The van der Waals surface area contributed by atoms with Crippen molar-refractivity contribution in [2.75, 3.05) is 0 Å². The van der Waals surface area contributed by atoms with Crippen LogP contribution in [0.1, 0.15) is 10.4 Å². The summed E-state index contributed by atoms with van der Waals surface area (Å²) in [5.41, 5.74) is 11.6. The minimum Gasteiger partial charge on any atom is -0.368 e. The lowest BCUT2D eigenvalue weighted by molar-refractivity contribution is -0.118. The lowest BCUT2D eigenvalue weighted by Gasteiger charge is -2.04. The zero-order valence-corrected chi connectivity index (χ0v) is 8.44. The van der Waals surface area contributed by atoms with Gasteiger partial charge in [-0.05, 0) is 6.07 Å². The fourth-order valence-corrected chi connectivity index (χ4v) is 1.57. The van der Waals surface area contributed by atoms with Crippen LogP contribution in [0.15, 0.2) is 30.5 Å². The molecule has 2 rings (SSSR count). The number of aromatic amines is 1. The Morgan fingerprint density at radius 2 is 1.94 bits per heavy atom. The lowest BCUT2D eigenvalue weighted by Crippen LogP contribution is -2.43. The minimum absolute atomic E-state index is 0.391. The lowest BCUT2D eigenvalue weighted by atomic mass is 10.0. The average molecular weight is 217 g/mol. The number of Topliss-reactive ketones (excluding diaryl/α,β-unsaturated/α-hetero) is 1. The molecule has 82 valence electrons. The summed E-state index contributed by atoms with van der Waals surface area (Å²) in [6.45, 7) is 0. The van der Waals surface area contributed by atoms with Crippen molar-refractivity contribution in [3.63, 3.8) is 0 Å². The number of para-hydroxylation sites is 1. The van der Waals surface area contributed by atoms with Crippen LogP contribution < -0.4 is 11.5 Å². The molecule has 5 nitrogen and oxygen atoms in total. The summed E-state index contributed by atoms with van der Waals surface area (Å²) < 4.78 is 0. The summed E-state index contributed by atoms with van der Waals surface area (Å²) in [4.78, 5) is 25.6. The van der Waals surface area contributed by atoms with Gasteiger partial charge in [0, 0.05) is 22.7 Å². The van der Waals surface area contributed by atoms with E-state index in [1.807, 2.05) is 18.2 Å². The third-order valence-corrected chi connectivity index (χ3v) is 2.44. The molecule has 1 atom stereocenters. The Morgan fingerprint density at radius 3 is 2.62 bits per heavy atom. The number of H-pyrrole nitrogens is 1. The number of primary amides is 1. The third-order valence-electron chi connectivity index (χ3n) is 2.44. The van der Waals surface area contributed by atoms with Crippen LogP contribution in [0, 0.1) is 0 Å². The topological polar surface area (TPSA) is 102 Å². The number of ketones is 1. The van der Waals surface area contributed by atoms with E-state index in [4.69, 9.17) is 11.5 Å². The molecule has 0 aliphatic rings. The molecule has 0 aliphatic carbocycles. The molecule has 0 bridgehead atoms. The van der Waals surface area contributed by atoms with Gasteiger partial charge in [0.1, 0.15) is 6.04 Å². The molecule has 1 aromatic heterocycles. The van der Waals surface area contributed by atoms with E-state index in [1.165, 1.54) is 6.20 Å². The van der Waals surface area contributed by atoms with Gasteiger partial charge in [-0.25, -0.2) is 0 Å². The van der Waals surface area contributed by atoms with Gasteiger partial charge < -0.3 is 16.5 Å². The highest BCUT2D eigenvalue weighted by Crippen LogP contribution is 2.18. The molecule has 0 saturated heterocycles. The molecule has 1 aromatic carbocycles. The number of fused-ring (bicyclic) bond motifs is 1. The van der Waals surface area contributed by atoms with Crippen molar-refractivity contribution in [3.8, 4) is 0 Å². The number of carbonyl (C=O) groups is 2. The molecular formula is C11H11N3O2. The van der Waals surface area contributed by atoms with E-state index in [9.17, 15) is 9.59 Å². The SMILES string of the molecule is NC(=O)C(N)C(=O)c1c[nH]c2ccccc12. The van der Waals surface area contributed by atoms with E-state index >= 15 is 0 Å². The molecule has 5 N–H and O–H groups in total. The van der Waals surface area contributed by atoms with Crippen LogP contribution in [0.25, 0.3) is 10.9 Å². The van der Waals surface area contributed by atoms with Gasteiger partial charge >= 0.3 is 0 Å². The first-order chi connectivity index (χ1) is 7.61. The molecule has 0 radical (unpaired) electrons. The van der Waals surface area contributed by atoms with Crippen LogP contribution in [-0.2, 0) is 4.79 Å². The zero-order valence-electron chi connectivity index (χ0n) is 8.44. The largest absolute Gasteiger partial charge is 0.368 e. The molecule has 1 heterocycles. The molecule has 2 aromatic rings. The smallest absolute Gasteiger partial charge is 0.242 e. The van der Waals surface area contributed by atoms with E-state index in [-0.39, 0.29) is 0 Å². The second-order valence-corrected chi connectivity index (χ2v) is 3.49. The predicted octanol–water partition coefficient (Wildman–Crippen LogP) is 0.163. The van der Waals surface area contributed by atoms with Crippen molar-refractivity contribution in [3.05, 3.63) is 36.0 Å². The Balaban J connectivity index is 2.48. The highest BCUT2D eigenvalue weighted by Gasteiger charge is 2.23. The maximum Gasteiger partial charge on any atom is 0.242 e. The maximum absolute atomic E-state index is 11.8. The van der Waals surface area contributed by atoms with Gasteiger partial charge in [-0.1, -0.05) is 18.2 Å². The normalized spacial score (nSPS) is 12.6. The third kappa shape index (κ3) is 1.57. The Morgan fingerprint density at radius 1 is 1.25 bits per heavy atom. The molecule has 1 amide bonds. The molecule has 1 unspecified atom stereocenters. The van der Waals surface area contributed by atoms with E-state index in [2.05, 4.69) is 4.98 Å². The summed E-state index contributed by atoms with van der Waals surface area (Å²) in [7, 11) is 0. The van der Waals surface area contributed by atoms with Crippen molar-refractivity contribution < 1.29 is 9.59 Å². The van der Waals surface area contributed by atoms with Crippen molar-refractivity contribution in [1.29, 1.82) is 0 Å². The quantitative estimate of drug-likeness (QED) is 0.504. The predicted molar refractivity (Wildman–Crippen MR) is 59.8 cm³/mol. The monoisotopic (exact) mass is 217 g/mol. The number of carbonyl (C=O) groups excluding carboxylic acids is 2. The Hall–Kier alpha value is -2.14. The minimum atomic E-state index is -1.29. The van der Waals surface area contributed by atoms with Crippen molar-refractivity contribution in [1.82, 2.24) is 4.98 Å². The fourth-order valence-electron chi connectivity index (χ4n) is 1.57. The van der Waals surface area contributed by atoms with Gasteiger partial charge in [0.2, 0.25) is 5.91 Å². The number of nitrogens with two attached hydrogens (primary N) is 2. The first-order valence-electron chi connectivity index (χ1n) is 4.76. The Bertz CT molecular complexity index is 559. The molecule has 0 spiro atoms. The van der Waals surface area contributed by atoms with Crippen molar-refractivity contribution >= 4 is 22.6 Å². The van der Waals surface area contributed by atoms with Crippen LogP contribution in [0.4, 0.5) is 0 Å². The van der Waals surface area contributed by atoms with Gasteiger partial charge in [0.05, 0.1) is 0 Å². The number of benzene rings is 1. The van der Waals surface area contributed by atoms with E-state index < -0.39 is 17.7 Å². The zero-order chi connectivity index (χ0) is 11.7. The standard InChI is InChI=1S/C11H11N3O2/c12-9(11(13)16)10(15)7-5-14-8-4-2-1-3-6(7)8/h1-5,9,14H,12H2,(H2,13,16). The van der Waals surface area contributed by atoms with Crippen LogP contribution in [-0.4, -0.2) is 22.7 Å². The van der Waals surface area contributed by atoms with Crippen LogP contribution in [0.5, 0.6) is 0 Å². The molecule has 0 saturated carbocycles. The fraction of sp³-hybridized carbons (Fsp3) is 0.0909. The van der Waals surface area contributed by atoms with Crippen LogP contribution >= 0.6 is 0 Å². The number of hydrogen-bond donors (Lipinski definition) is 3. The van der Waals surface area contributed by atoms with Gasteiger partial charge in [-0.15, -0.1) is 0 Å². The number of rotatable bonds is 3. The van der Waals surface area contributed by atoms with E-state index in [0.29, 0.717) is 5.56 Å². The van der Waals surface area contributed by atoms with Crippen molar-refractivity contribution in [2.24, 2.45) is 11.5 Å². The second-order valence-electron chi connectivity index (χ2n) is 3.49. The highest BCUT2D eigenvalue weighted by molar-refractivity contribution is 6.18. The summed E-state index contributed by atoms with van der Waals surface area (Å²) in [6.07, 6.45) is 1.54. The summed E-state index contributed by atoms with van der Waals surface area (Å²) in [6, 6.07) is 5.98. The van der Waals surface area contributed by atoms with Gasteiger partial charge in [-0.3, -0.25) is 9.59 Å². The van der Waals surface area contributed by atoms with E-state index in [1.54, 1.807) is 6.07 Å². The average Bonchev–Trinajstić information content (AvgIpc) is 2.70. The Kier molecular flexibility index (Phi) is 2.46. The first-order valence-corrected chi connectivity index (χ1v) is 4.76. The molecule has 0 fully saturated rings. The molecular weight excluding hydrogens is 206 g/mol. The van der Waals surface area contributed by atoms with Gasteiger partial charge in [-0.2, -0.15) is 0 Å². The summed E-state index contributed by atoms with van der Waals surface area (Å²) >= 11 is 0.